The van der Waals surface area contributed by atoms with Gasteiger partial charge >= 0.3 is 0 Å². The molecule has 0 bridgehead atoms. The van der Waals surface area contributed by atoms with Crippen molar-refractivity contribution in [2.75, 3.05) is 12.4 Å². The molecule has 3 rings (SSSR count). The van der Waals surface area contributed by atoms with Crippen LogP contribution in [-0.2, 0) is 4.79 Å². The van der Waals surface area contributed by atoms with E-state index in [1.54, 1.807) is 25.3 Å². The fourth-order valence-electron chi connectivity index (χ4n) is 2.38. The van der Waals surface area contributed by atoms with Crippen LogP contribution < -0.4 is 10.1 Å². The summed E-state index contributed by atoms with van der Waals surface area (Å²) in [5.74, 6) is 1.36. The smallest absolute Gasteiger partial charge is 0.237 e. The first-order chi connectivity index (χ1) is 11.5. The van der Waals surface area contributed by atoms with Gasteiger partial charge in [-0.2, -0.15) is 0 Å². The average molecular weight is 367 g/mol. The first-order valence-electron chi connectivity index (χ1n) is 7.72. The van der Waals surface area contributed by atoms with Crippen LogP contribution in [0.3, 0.4) is 0 Å². The minimum absolute atomic E-state index is 0.107. The van der Waals surface area contributed by atoms with Gasteiger partial charge < -0.3 is 14.6 Å². The molecule has 0 aliphatic heterocycles. The van der Waals surface area contributed by atoms with Crippen molar-refractivity contribution in [1.82, 2.24) is 14.8 Å². The number of benzene rings is 1. The Labute approximate surface area is 149 Å². The van der Waals surface area contributed by atoms with Gasteiger partial charge in [-0.25, -0.2) is 0 Å². The van der Waals surface area contributed by atoms with Crippen LogP contribution >= 0.6 is 23.4 Å². The summed E-state index contributed by atoms with van der Waals surface area (Å²) >= 11 is 7.50. The molecule has 1 aromatic carbocycles. The fourth-order valence-corrected chi connectivity index (χ4v) is 3.61. The number of carbonyl (C=O) groups excluding carboxylic acids is 1. The van der Waals surface area contributed by atoms with Gasteiger partial charge in [0, 0.05) is 11.7 Å². The number of nitrogens with one attached hydrogen (secondary N) is 1. The SMILES string of the molecule is COc1ccc(NC(=O)[C@@H](C)Sc2nnc(C)n2C2CC2)cc1Cl. The molecule has 1 aliphatic rings. The molecule has 0 unspecified atom stereocenters. The number of amides is 1. The molecular weight excluding hydrogens is 348 g/mol. The number of anilines is 1. The van der Waals surface area contributed by atoms with Crippen molar-refractivity contribution < 1.29 is 9.53 Å². The molecule has 1 aliphatic carbocycles. The van der Waals surface area contributed by atoms with Gasteiger partial charge in [-0.05, 0) is 44.9 Å². The van der Waals surface area contributed by atoms with Gasteiger partial charge in [0.05, 0.1) is 17.4 Å². The van der Waals surface area contributed by atoms with Crippen molar-refractivity contribution >= 4 is 35.0 Å². The van der Waals surface area contributed by atoms with E-state index in [0.717, 1.165) is 23.8 Å². The maximum Gasteiger partial charge on any atom is 0.237 e. The summed E-state index contributed by atoms with van der Waals surface area (Å²) in [6.07, 6.45) is 2.30. The zero-order chi connectivity index (χ0) is 17.3. The molecule has 1 N–H and O–H groups in total. The van der Waals surface area contributed by atoms with Crippen molar-refractivity contribution in [2.24, 2.45) is 0 Å². The number of halogens is 1. The number of hydrogen-bond acceptors (Lipinski definition) is 5. The number of thioether (sulfide) groups is 1. The molecule has 0 saturated heterocycles. The monoisotopic (exact) mass is 366 g/mol. The molecule has 2 aromatic rings. The standard InChI is InChI=1S/C16H19ClN4O2S/c1-9(24-16-20-19-10(2)21(16)12-5-6-12)15(22)18-11-4-7-14(23-3)13(17)8-11/h4,7-9,12H,5-6H2,1-3H3,(H,18,22)/t9-/m1/s1. The van der Waals surface area contributed by atoms with Gasteiger partial charge in [0.1, 0.15) is 11.6 Å². The summed E-state index contributed by atoms with van der Waals surface area (Å²) in [7, 11) is 1.55. The van der Waals surface area contributed by atoms with Crippen LogP contribution in [0.4, 0.5) is 5.69 Å². The zero-order valence-corrected chi connectivity index (χ0v) is 15.3. The number of nitrogens with zero attached hydrogens (tertiary/aromatic N) is 3. The number of rotatable bonds is 6. The van der Waals surface area contributed by atoms with E-state index >= 15 is 0 Å². The third-order valence-corrected chi connectivity index (χ3v) is 5.17. The van der Waals surface area contributed by atoms with Crippen LogP contribution in [0.2, 0.25) is 5.02 Å². The van der Waals surface area contributed by atoms with Gasteiger partial charge in [0.25, 0.3) is 0 Å². The molecule has 24 heavy (non-hydrogen) atoms. The van der Waals surface area contributed by atoms with Crippen molar-refractivity contribution in [1.29, 1.82) is 0 Å². The van der Waals surface area contributed by atoms with E-state index in [0.29, 0.717) is 22.5 Å². The van der Waals surface area contributed by atoms with Gasteiger partial charge in [0.2, 0.25) is 5.91 Å². The maximum atomic E-state index is 12.4. The van der Waals surface area contributed by atoms with Crippen molar-refractivity contribution in [3.8, 4) is 5.75 Å². The van der Waals surface area contributed by atoms with Crippen molar-refractivity contribution in [2.45, 2.75) is 43.1 Å². The first-order valence-corrected chi connectivity index (χ1v) is 8.98. The molecular formula is C16H19ClN4O2S. The van der Waals surface area contributed by atoms with Gasteiger partial charge in [-0.1, -0.05) is 23.4 Å². The van der Waals surface area contributed by atoms with E-state index < -0.39 is 0 Å². The Kier molecular flexibility index (Phi) is 5.01. The fraction of sp³-hybridized carbons (Fsp3) is 0.438. The number of methoxy groups -OCH3 is 1. The Bertz CT molecular complexity index is 761. The van der Waals surface area contributed by atoms with E-state index in [-0.39, 0.29) is 11.2 Å². The van der Waals surface area contributed by atoms with E-state index in [1.165, 1.54) is 11.8 Å². The molecule has 1 fully saturated rings. The number of hydrogen-bond donors (Lipinski definition) is 1. The van der Waals surface area contributed by atoms with Gasteiger partial charge in [-0.15, -0.1) is 10.2 Å². The topological polar surface area (TPSA) is 69.0 Å². The van der Waals surface area contributed by atoms with Gasteiger partial charge in [-0.3, -0.25) is 4.79 Å². The lowest BCUT2D eigenvalue weighted by Gasteiger charge is -2.13. The molecule has 1 aromatic heterocycles. The van der Waals surface area contributed by atoms with Crippen LogP contribution in [0.5, 0.6) is 5.75 Å². The Morgan fingerprint density at radius 2 is 2.21 bits per heavy atom. The highest BCUT2D eigenvalue weighted by Gasteiger charge is 2.29. The van der Waals surface area contributed by atoms with Crippen LogP contribution in [0.25, 0.3) is 0 Å². The van der Waals surface area contributed by atoms with Crippen LogP contribution in [0.15, 0.2) is 23.4 Å². The Morgan fingerprint density at radius 1 is 1.46 bits per heavy atom. The summed E-state index contributed by atoms with van der Waals surface area (Å²) in [5.41, 5.74) is 0.637. The Balaban J connectivity index is 1.66. The predicted octanol–water partition coefficient (Wildman–Crippen LogP) is 3.70. The molecule has 1 heterocycles. The highest BCUT2D eigenvalue weighted by Crippen LogP contribution is 2.39. The van der Waals surface area contributed by atoms with Crippen LogP contribution in [0, 0.1) is 6.92 Å². The lowest BCUT2D eigenvalue weighted by Crippen LogP contribution is -2.23. The highest BCUT2D eigenvalue weighted by molar-refractivity contribution is 8.00. The molecule has 1 amide bonds. The average Bonchev–Trinajstić information content (AvgIpc) is 3.31. The third kappa shape index (κ3) is 3.67. The van der Waals surface area contributed by atoms with E-state index in [1.807, 2.05) is 13.8 Å². The molecule has 6 nitrogen and oxygen atoms in total. The van der Waals surface area contributed by atoms with Crippen LogP contribution in [-0.4, -0.2) is 33.0 Å². The normalized spacial score (nSPS) is 15.2. The Hall–Kier alpha value is -1.73. The second kappa shape index (κ2) is 7.03. The molecule has 8 heteroatoms. The van der Waals surface area contributed by atoms with Crippen molar-refractivity contribution in [3.05, 3.63) is 29.0 Å². The largest absolute Gasteiger partial charge is 0.495 e. The molecule has 128 valence electrons. The number of aryl methyl sites for hydroxylation is 1. The second-order valence-corrected chi connectivity index (χ2v) is 7.44. The molecule has 1 atom stereocenters. The number of ether oxygens (including phenoxy) is 1. The lowest BCUT2D eigenvalue weighted by atomic mass is 10.3. The quantitative estimate of drug-likeness (QED) is 0.789. The third-order valence-electron chi connectivity index (χ3n) is 3.82. The summed E-state index contributed by atoms with van der Waals surface area (Å²) < 4.78 is 7.23. The summed E-state index contributed by atoms with van der Waals surface area (Å²) in [4.78, 5) is 12.4. The number of aromatic nitrogens is 3. The van der Waals surface area contributed by atoms with E-state index in [9.17, 15) is 4.79 Å². The minimum Gasteiger partial charge on any atom is -0.495 e. The zero-order valence-electron chi connectivity index (χ0n) is 13.7. The van der Waals surface area contributed by atoms with E-state index in [4.69, 9.17) is 16.3 Å². The first kappa shape index (κ1) is 17.1. The van der Waals surface area contributed by atoms with Crippen molar-refractivity contribution in [3.63, 3.8) is 0 Å². The van der Waals surface area contributed by atoms with Gasteiger partial charge in [0.15, 0.2) is 5.16 Å². The number of carbonyl (C=O) groups is 1. The molecule has 1 saturated carbocycles. The van der Waals surface area contributed by atoms with E-state index in [2.05, 4.69) is 20.1 Å². The summed E-state index contributed by atoms with van der Waals surface area (Å²) in [6.45, 7) is 3.80. The lowest BCUT2D eigenvalue weighted by molar-refractivity contribution is -0.115. The molecule has 0 radical (unpaired) electrons. The maximum absolute atomic E-state index is 12.4. The molecule has 0 spiro atoms. The highest BCUT2D eigenvalue weighted by atomic mass is 35.5. The summed E-state index contributed by atoms with van der Waals surface area (Å²) in [6, 6.07) is 5.64. The minimum atomic E-state index is -0.299. The van der Waals surface area contributed by atoms with Crippen LogP contribution in [0.1, 0.15) is 31.6 Å². The summed E-state index contributed by atoms with van der Waals surface area (Å²) in [5, 5.41) is 12.2. The second-order valence-electron chi connectivity index (χ2n) is 5.73. The predicted molar refractivity (Wildman–Crippen MR) is 95.0 cm³/mol. The Morgan fingerprint density at radius 3 is 2.83 bits per heavy atom.